The molecule has 0 bridgehead atoms. The Kier molecular flexibility index (Phi) is 6.85. The number of rotatable bonds is 7. The highest BCUT2D eigenvalue weighted by molar-refractivity contribution is 7.97. The van der Waals surface area contributed by atoms with Gasteiger partial charge in [0.25, 0.3) is 11.8 Å². The normalized spacial score (nSPS) is 10.3. The average molecular weight is 423 g/mol. The third-order valence-corrected chi connectivity index (χ3v) is 4.73. The Bertz CT molecular complexity index is 1120. The predicted molar refractivity (Wildman–Crippen MR) is 112 cm³/mol. The van der Waals surface area contributed by atoms with E-state index in [-0.39, 0.29) is 18.3 Å². The minimum Gasteiger partial charge on any atom is -0.341 e. The lowest BCUT2D eigenvalue weighted by Gasteiger charge is -2.10. The Morgan fingerprint density at radius 1 is 1.27 bits per heavy atom. The molecular weight excluding hydrogens is 405 g/mol. The van der Waals surface area contributed by atoms with E-state index in [0.29, 0.717) is 16.1 Å². The highest BCUT2D eigenvalue weighted by Crippen LogP contribution is 2.18. The third-order valence-electron chi connectivity index (χ3n) is 3.97. The molecule has 152 valence electrons. The van der Waals surface area contributed by atoms with Crippen molar-refractivity contribution in [2.45, 2.75) is 18.4 Å². The van der Waals surface area contributed by atoms with Crippen molar-refractivity contribution in [1.82, 2.24) is 25.4 Å². The molecule has 0 saturated carbocycles. The number of amides is 2. The van der Waals surface area contributed by atoms with E-state index >= 15 is 0 Å². The van der Waals surface area contributed by atoms with Crippen molar-refractivity contribution in [3.8, 4) is 18.0 Å². The largest absolute Gasteiger partial charge is 0.341 e. The van der Waals surface area contributed by atoms with Gasteiger partial charge in [0.05, 0.1) is 16.8 Å². The number of terminal acetylenes is 1. The molecule has 0 aliphatic carbocycles. The van der Waals surface area contributed by atoms with Crippen LogP contribution in [0.4, 0.5) is 4.39 Å². The van der Waals surface area contributed by atoms with Crippen LogP contribution in [-0.4, -0.2) is 21.6 Å². The van der Waals surface area contributed by atoms with Gasteiger partial charge in [-0.05, 0) is 60.7 Å². The van der Waals surface area contributed by atoms with Gasteiger partial charge < -0.3 is 5.32 Å². The fraction of sp³-hybridized carbons (Fsp3) is 0.0952. The van der Waals surface area contributed by atoms with Gasteiger partial charge in [-0.15, -0.1) is 6.42 Å². The number of hydrazine groups is 1. The number of halogens is 1. The Morgan fingerprint density at radius 2 is 2.07 bits per heavy atom. The third kappa shape index (κ3) is 5.47. The first-order valence-corrected chi connectivity index (χ1v) is 9.64. The maximum Gasteiger partial charge on any atom is 0.295 e. The molecule has 0 radical (unpaired) electrons. The summed E-state index contributed by atoms with van der Waals surface area (Å²) < 4.78 is 15.2. The van der Waals surface area contributed by atoms with Crippen LogP contribution in [0.1, 0.15) is 21.5 Å². The van der Waals surface area contributed by atoms with Crippen molar-refractivity contribution in [1.29, 1.82) is 0 Å². The number of carbonyl (C=O) groups excluding carboxylic acids is 2. The van der Waals surface area contributed by atoms with Gasteiger partial charge in [-0.2, -0.15) is 9.93 Å². The average Bonchev–Trinajstić information content (AvgIpc) is 3.22. The van der Waals surface area contributed by atoms with Crippen molar-refractivity contribution in [3.05, 3.63) is 77.4 Å². The molecule has 1 heterocycles. The van der Waals surface area contributed by atoms with E-state index in [1.165, 1.54) is 6.07 Å². The van der Waals surface area contributed by atoms with Gasteiger partial charge in [-0.25, -0.2) is 9.07 Å². The molecule has 7 nitrogen and oxygen atoms in total. The summed E-state index contributed by atoms with van der Waals surface area (Å²) in [6.45, 7) is 2.11. The SMILES string of the molecule is C#CC(=O)NCc1cnn(-c2cc(C)cc(C(=O)NNSc3ccccc3F)c2)c1. The summed E-state index contributed by atoms with van der Waals surface area (Å²) in [5, 5.41) is 6.83. The van der Waals surface area contributed by atoms with Crippen LogP contribution < -0.4 is 15.6 Å². The summed E-state index contributed by atoms with van der Waals surface area (Å²) in [5.74, 6) is 0.722. The smallest absolute Gasteiger partial charge is 0.295 e. The number of hydrogen-bond acceptors (Lipinski definition) is 5. The maximum atomic E-state index is 13.6. The number of carbonyl (C=O) groups is 2. The minimum absolute atomic E-state index is 0.249. The highest BCUT2D eigenvalue weighted by Gasteiger charge is 2.10. The molecule has 0 atom stereocenters. The number of nitrogens with one attached hydrogen (secondary N) is 3. The van der Waals surface area contributed by atoms with Gasteiger partial charge in [0, 0.05) is 23.9 Å². The second-order valence-electron chi connectivity index (χ2n) is 6.27. The Labute approximate surface area is 177 Å². The standard InChI is InChI=1S/C21H18FN5O2S/c1-3-20(28)23-11-15-12-24-27(13-15)17-9-14(2)8-16(10-17)21(29)25-26-30-19-7-5-4-6-18(19)22/h1,4-10,12-13,26H,11H2,2H3,(H,23,28)(H,25,29). The van der Waals surface area contributed by atoms with Crippen LogP contribution in [0.3, 0.4) is 0 Å². The molecule has 0 fully saturated rings. The van der Waals surface area contributed by atoms with E-state index in [1.54, 1.807) is 47.4 Å². The first-order valence-electron chi connectivity index (χ1n) is 8.83. The second-order valence-corrected chi connectivity index (χ2v) is 7.11. The lowest BCUT2D eigenvalue weighted by atomic mass is 10.1. The molecular formula is C21H18FN5O2S. The van der Waals surface area contributed by atoms with Crippen molar-refractivity contribution < 1.29 is 14.0 Å². The van der Waals surface area contributed by atoms with Gasteiger partial charge >= 0.3 is 0 Å². The Morgan fingerprint density at radius 3 is 2.83 bits per heavy atom. The first kappa shape index (κ1) is 21.1. The summed E-state index contributed by atoms with van der Waals surface area (Å²) in [6, 6.07) is 11.5. The van der Waals surface area contributed by atoms with Crippen LogP contribution in [0.2, 0.25) is 0 Å². The van der Waals surface area contributed by atoms with Crippen LogP contribution >= 0.6 is 11.9 Å². The van der Waals surface area contributed by atoms with E-state index in [9.17, 15) is 14.0 Å². The van der Waals surface area contributed by atoms with Crippen molar-refractivity contribution >= 4 is 23.8 Å². The lowest BCUT2D eigenvalue weighted by molar-refractivity contribution is -0.115. The molecule has 0 unspecified atom stereocenters. The molecule has 9 heteroatoms. The van der Waals surface area contributed by atoms with Crippen molar-refractivity contribution in [3.63, 3.8) is 0 Å². The van der Waals surface area contributed by atoms with Crippen LogP contribution in [0.5, 0.6) is 0 Å². The molecule has 0 aliphatic heterocycles. The molecule has 2 aromatic carbocycles. The lowest BCUT2D eigenvalue weighted by Crippen LogP contribution is -2.32. The number of aromatic nitrogens is 2. The van der Waals surface area contributed by atoms with Gasteiger partial charge in [0.2, 0.25) is 0 Å². The molecule has 0 spiro atoms. The van der Waals surface area contributed by atoms with Crippen LogP contribution in [0, 0.1) is 25.1 Å². The van der Waals surface area contributed by atoms with E-state index in [0.717, 1.165) is 23.1 Å². The first-order chi connectivity index (χ1) is 14.5. The number of hydrogen-bond donors (Lipinski definition) is 3. The predicted octanol–water partition coefficient (Wildman–Crippen LogP) is 2.51. The molecule has 3 rings (SSSR count). The summed E-state index contributed by atoms with van der Waals surface area (Å²) >= 11 is 0.965. The molecule has 3 N–H and O–H groups in total. The zero-order valence-corrected chi connectivity index (χ0v) is 16.8. The zero-order chi connectivity index (χ0) is 21.5. The summed E-state index contributed by atoms with van der Waals surface area (Å²) in [6.07, 6.45) is 8.36. The monoisotopic (exact) mass is 423 g/mol. The number of aryl methyl sites for hydroxylation is 1. The molecule has 3 aromatic rings. The molecule has 30 heavy (non-hydrogen) atoms. The highest BCUT2D eigenvalue weighted by atomic mass is 32.2. The van der Waals surface area contributed by atoms with Crippen molar-refractivity contribution in [2.24, 2.45) is 0 Å². The fourth-order valence-corrected chi connectivity index (χ4v) is 3.14. The van der Waals surface area contributed by atoms with Gasteiger partial charge in [0.1, 0.15) is 5.82 Å². The van der Waals surface area contributed by atoms with Gasteiger partial charge in [-0.3, -0.25) is 15.0 Å². The van der Waals surface area contributed by atoms with Crippen LogP contribution in [-0.2, 0) is 11.3 Å². The van der Waals surface area contributed by atoms with Gasteiger partial charge in [0.15, 0.2) is 0 Å². The topological polar surface area (TPSA) is 88.0 Å². The summed E-state index contributed by atoms with van der Waals surface area (Å²) in [4.78, 5) is 26.7. The van der Waals surface area contributed by atoms with E-state index < -0.39 is 5.91 Å². The van der Waals surface area contributed by atoms with E-state index in [4.69, 9.17) is 6.42 Å². The summed E-state index contributed by atoms with van der Waals surface area (Å²) in [5.41, 5.74) is 5.24. The maximum absolute atomic E-state index is 13.6. The van der Waals surface area contributed by atoms with Crippen molar-refractivity contribution in [2.75, 3.05) is 0 Å². The molecule has 2 amide bonds. The Balaban J connectivity index is 1.67. The van der Waals surface area contributed by atoms with Gasteiger partial charge in [-0.1, -0.05) is 12.1 Å². The minimum atomic E-state index is -0.502. The molecule has 1 aromatic heterocycles. The molecule has 0 aliphatic rings. The van der Waals surface area contributed by atoms with E-state index in [2.05, 4.69) is 20.7 Å². The quantitative estimate of drug-likeness (QED) is 0.309. The Hall–Kier alpha value is -3.61. The number of nitrogens with zero attached hydrogens (tertiary/aromatic N) is 2. The van der Waals surface area contributed by atoms with E-state index in [1.807, 2.05) is 18.9 Å². The summed E-state index contributed by atoms with van der Waals surface area (Å²) in [7, 11) is 0. The molecule has 0 saturated heterocycles. The fourth-order valence-electron chi connectivity index (χ4n) is 2.58. The van der Waals surface area contributed by atoms with Crippen LogP contribution in [0.25, 0.3) is 5.69 Å². The van der Waals surface area contributed by atoms with Crippen LogP contribution in [0.15, 0.2) is 59.8 Å². The second kappa shape index (κ2) is 9.73. The number of benzene rings is 2. The zero-order valence-electron chi connectivity index (χ0n) is 16.0.